The Hall–Kier alpha value is -3.29. The Labute approximate surface area is 174 Å². The largest absolute Gasteiger partial charge is 0.490 e. The monoisotopic (exact) mass is 407 g/mol. The molecule has 3 aromatic carbocycles. The first-order valence-electron chi connectivity index (χ1n) is 9.11. The van der Waals surface area contributed by atoms with E-state index >= 15 is 0 Å². The molecule has 3 aromatic rings. The van der Waals surface area contributed by atoms with Gasteiger partial charge in [-0.1, -0.05) is 54.1 Å². The number of benzene rings is 3. The summed E-state index contributed by atoms with van der Waals surface area (Å²) >= 11 is 6.46. The molecule has 0 aromatic heterocycles. The molecule has 5 heteroatoms. The van der Waals surface area contributed by atoms with Crippen LogP contribution in [0.2, 0.25) is 5.02 Å². The van der Waals surface area contributed by atoms with Crippen molar-refractivity contribution >= 4 is 23.3 Å². The topological polar surface area (TPSA) is 42.2 Å². The van der Waals surface area contributed by atoms with E-state index in [1.165, 1.54) is 12.1 Å². The van der Waals surface area contributed by atoms with Gasteiger partial charge in [0, 0.05) is 0 Å². The third-order valence-corrected chi connectivity index (χ3v) is 4.41. The molecule has 0 amide bonds. The Balaban J connectivity index is 1.93. The van der Waals surface area contributed by atoms with E-state index in [1.54, 1.807) is 30.3 Å². The van der Waals surface area contributed by atoms with Crippen LogP contribution >= 0.6 is 11.6 Å². The zero-order valence-electron chi connectivity index (χ0n) is 15.9. The second-order valence-electron chi connectivity index (χ2n) is 6.22. The summed E-state index contributed by atoms with van der Waals surface area (Å²) in [5, 5.41) is 9.88. The first-order chi connectivity index (χ1) is 14.1. The summed E-state index contributed by atoms with van der Waals surface area (Å²) in [4.78, 5) is 0. The quantitative estimate of drug-likeness (QED) is 0.330. The molecule has 0 N–H and O–H groups in total. The van der Waals surface area contributed by atoms with Crippen LogP contribution < -0.4 is 9.47 Å². The van der Waals surface area contributed by atoms with Gasteiger partial charge in [0.25, 0.3) is 0 Å². The molecule has 3 rings (SSSR count). The highest BCUT2D eigenvalue weighted by Gasteiger charge is 2.13. The highest BCUT2D eigenvalue weighted by molar-refractivity contribution is 6.32. The van der Waals surface area contributed by atoms with Crippen LogP contribution in [0.5, 0.6) is 11.5 Å². The summed E-state index contributed by atoms with van der Waals surface area (Å²) < 4.78 is 25.1. The summed E-state index contributed by atoms with van der Waals surface area (Å²) in [6.45, 7) is 2.65. The van der Waals surface area contributed by atoms with Crippen molar-refractivity contribution in [2.75, 3.05) is 6.61 Å². The molecule has 0 heterocycles. The molecule has 3 nitrogen and oxygen atoms in total. The van der Waals surface area contributed by atoms with Crippen molar-refractivity contribution in [2.24, 2.45) is 0 Å². The molecule has 0 aliphatic heterocycles. The molecule has 0 fully saturated rings. The smallest absolute Gasteiger partial charge is 0.180 e. The zero-order chi connectivity index (χ0) is 20.6. The van der Waals surface area contributed by atoms with E-state index in [2.05, 4.69) is 6.07 Å². The number of nitriles is 1. The number of hydrogen-bond donors (Lipinski definition) is 0. The molecular weight excluding hydrogens is 389 g/mol. The van der Waals surface area contributed by atoms with E-state index in [0.717, 1.165) is 5.56 Å². The lowest BCUT2D eigenvalue weighted by Gasteiger charge is -2.15. The van der Waals surface area contributed by atoms with Crippen molar-refractivity contribution in [3.8, 4) is 17.6 Å². The predicted octanol–water partition coefficient (Wildman–Crippen LogP) is 6.52. The molecule has 0 saturated heterocycles. The van der Waals surface area contributed by atoms with Gasteiger partial charge < -0.3 is 9.47 Å². The summed E-state index contributed by atoms with van der Waals surface area (Å²) in [5.41, 5.74) is 2.48. The van der Waals surface area contributed by atoms with E-state index in [9.17, 15) is 9.65 Å². The van der Waals surface area contributed by atoms with Crippen molar-refractivity contribution in [2.45, 2.75) is 13.5 Å². The van der Waals surface area contributed by atoms with Gasteiger partial charge in [-0.2, -0.15) is 5.26 Å². The molecule has 0 aliphatic rings. The zero-order valence-corrected chi connectivity index (χ0v) is 16.6. The van der Waals surface area contributed by atoms with Gasteiger partial charge in [0.15, 0.2) is 11.5 Å². The van der Waals surface area contributed by atoms with Gasteiger partial charge in [-0.05, 0) is 54.0 Å². The molecule has 146 valence electrons. The van der Waals surface area contributed by atoms with Gasteiger partial charge in [-0.3, -0.25) is 0 Å². The van der Waals surface area contributed by atoms with E-state index < -0.39 is 5.82 Å². The molecule has 0 saturated carbocycles. The third-order valence-electron chi connectivity index (χ3n) is 4.12. The third kappa shape index (κ3) is 5.37. The molecule has 0 aliphatic carbocycles. The summed E-state index contributed by atoms with van der Waals surface area (Å²) in [6.07, 6.45) is 1.64. The molecule has 0 bridgehead atoms. The molecule has 29 heavy (non-hydrogen) atoms. The molecule has 0 unspecified atom stereocenters. The van der Waals surface area contributed by atoms with Crippen LogP contribution in [-0.4, -0.2) is 6.61 Å². The number of allylic oxidation sites excluding steroid dienone is 1. The van der Waals surface area contributed by atoms with E-state index in [-0.39, 0.29) is 0 Å². The highest BCUT2D eigenvalue weighted by Crippen LogP contribution is 2.38. The second-order valence-corrected chi connectivity index (χ2v) is 6.62. The van der Waals surface area contributed by atoms with Crippen molar-refractivity contribution in [3.63, 3.8) is 0 Å². The minimum Gasteiger partial charge on any atom is -0.490 e. The summed E-state index contributed by atoms with van der Waals surface area (Å²) in [6, 6.07) is 21.2. The average molecular weight is 408 g/mol. The normalized spacial score (nSPS) is 11.0. The Morgan fingerprint density at radius 2 is 1.86 bits per heavy atom. The molecule has 0 radical (unpaired) electrons. The molecule has 0 atom stereocenters. The van der Waals surface area contributed by atoms with Gasteiger partial charge in [0.1, 0.15) is 12.4 Å². The maximum absolute atomic E-state index is 13.5. The van der Waals surface area contributed by atoms with Crippen LogP contribution in [0, 0.1) is 17.1 Å². The SMILES string of the molecule is CCOc1cc(/C=C(/C#N)c2cccc(F)c2)cc(Cl)c1OCc1ccccc1. The average Bonchev–Trinajstić information content (AvgIpc) is 2.72. The number of halogens is 2. The molecular formula is C24H19ClFNO2. The Bertz CT molecular complexity index is 1060. The van der Waals surface area contributed by atoms with Gasteiger partial charge >= 0.3 is 0 Å². The van der Waals surface area contributed by atoms with E-state index in [1.807, 2.05) is 37.3 Å². The van der Waals surface area contributed by atoms with Gasteiger partial charge in [0.2, 0.25) is 0 Å². The first kappa shape index (κ1) is 20.4. The number of nitrogens with zero attached hydrogens (tertiary/aromatic N) is 1. The number of ether oxygens (including phenoxy) is 2. The van der Waals surface area contributed by atoms with Crippen molar-refractivity contribution in [1.82, 2.24) is 0 Å². The standard InChI is InChI=1S/C24H19ClFNO2/c1-2-28-23-13-18(11-20(15-27)19-9-6-10-21(26)14-19)12-22(25)24(23)29-16-17-7-4-3-5-8-17/h3-14H,2,16H2,1H3/b20-11-. The number of rotatable bonds is 7. The van der Waals surface area contributed by atoms with Gasteiger partial charge in [-0.15, -0.1) is 0 Å². The van der Waals surface area contributed by atoms with Crippen LogP contribution in [0.4, 0.5) is 4.39 Å². The second kappa shape index (κ2) is 9.77. The minimum atomic E-state index is -0.402. The lowest BCUT2D eigenvalue weighted by Crippen LogP contribution is -2.01. The van der Waals surface area contributed by atoms with E-state index in [4.69, 9.17) is 21.1 Å². The van der Waals surface area contributed by atoms with Gasteiger partial charge in [0.05, 0.1) is 23.3 Å². The Morgan fingerprint density at radius 1 is 1.07 bits per heavy atom. The summed E-state index contributed by atoms with van der Waals surface area (Å²) in [7, 11) is 0. The Kier molecular flexibility index (Phi) is 6.89. The predicted molar refractivity (Wildman–Crippen MR) is 113 cm³/mol. The fraction of sp³-hybridized carbons (Fsp3) is 0.125. The van der Waals surface area contributed by atoms with Crippen LogP contribution in [0.25, 0.3) is 11.6 Å². The number of hydrogen-bond acceptors (Lipinski definition) is 3. The van der Waals surface area contributed by atoms with Crippen LogP contribution in [0.3, 0.4) is 0 Å². The minimum absolute atomic E-state index is 0.320. The molecule has 0 spiro atoms. The van der Waals surface area contributed by atoms with Crippen molar-refractivity contribution in [3.05, 3.63) is 94.3 Å². The maximum atomic E-state index is 13.5. The van der Waals surface area contributed by atoms with Crippen molar-refractivity contribution in [1.29, 1.82) is 5.26 Å². The van der Waals surface area contributed by atoms with E-state index in [0.29, 0.717) is 46.4 Å². The van der Waals surface area contributed by atoms with Gasteiger partial charge in [-0.25, -0.2) is 4.39 Å². The van der Waals surface area contributed by atoms with Crippen LogP contribution in [-0.2, 0) is 6.61 Å². The maximum Gasteiger partial charge on any atom is 0.180 e. The van der Waals surface area contributed by atoms with Crippen molar-refractivity contribution < 1.29 is 13.9 Å². The Morgan fingerprint density at radius 3 is 2.55 bits per heavy atom. The fourth-order valence-electron chi connectivity index (χ4n) is 2.81. The fourth-order valence-corrected chi connectivity index (χ4v) is 3.08. The summed E-state index contributed by atoms with van der Waals surface area (Å²) in [5.74, 6) is 0.527. The first-order valence-corrected chi connectivity index (χ1v) is 9.49. The lowest BCUT2D eigenvalue weighted by atomic mass is 10.0. The highest BCUT2D eigenvalue weighted by atomic mass is 35.5. The van der Waals surface area contributed by atoms with Crippen LogP contribution in [0.15, 0.2) is 66.7 Å². The lowest BCUT2D eigenvalue weighted by molar-refractivity contribution is 0.269. The van der Waals surface area contributed by atoms with Crippen LogP contribution in [0.1, 0.15) is 23.6 Å².